The molecule has 92 valence electrons. The van der Waals surface area contributed by atoms with Crippen molar-refractivity contribution < 1.29 is 14.7 Å². The Morgan fingerprint density at radius 3 is 2.41 bits per heavy atom. The zero-order chi connectivity index (χ0) is 13.0. The molecule has 0 aliphatic rings. The highest BCUT2D eigenvalue weighted by molar-refractivity contribution is 6.31. The first kappa shape index (κ1) is 13.3. The Morgan fingerprint density at radius 1 is 1.35 bits per heavy atom. The number of halogens is 1. The van der Waals surface area contributed by atoms with Crippen molar-refractivity contribution in [3.8, 4) is 0 Å². The summed E-state index contributed by atoms with van der Waals surface area (Å²) in [5, 5.41) is 13.1. The molecule has 0 aromatic heterocycles. The average Bonchev–Trinajstić information content (AvgIpc) is 2.24. The fraction of sp³-hybridized carbons (Fsp3) is 0.273. The molecule has 1 aromatic rings. The second kappa shape index (κ2) is 5.54. The van der Waals surface area contributed by atoms with Gasteiger partial charge in [0.05, 0.1) is 5.56 Å². The summed E-state index contributed by atoms with van der Waals surface area (Å²) in [6.45, 7) is 0. The quantitative estimate of drug-likeness (QED) is 0.510. The fourth-order valence-corrected chi connectivity index (χ4v) is 1.56. The van der Waals surface area contributed by atoms with Crippen LogP contribution in [-0.4, -0.2) is 43.0 Å². The number of rotatable bonds is 3. The second-order valence-electron chi connectivity index (χ2n) is 3.53. The average molecular weight is 257 g/mol. The number of nitrogens with zero attached hydrogens (tertiary/aromatic N) is 2. The van der Waals surface area contributed by atoms with Crippen LogP contribution in [0.3, 0.4) is 0 Å². The molecule has 0 amide bonds. The fourth-order valence-electron chi connectivity index (χ4n) is 1.32. The highest BCUT2D eigenvalue weighted by atomic mass is 35.5. The zero-order valence-corrected chi connectivity index (χ0v) is 10.5. The van der Waals surface area contributed by atoms with Crippen LogP contribution in [0.1, 0.15) is 15.9 Å². The lowest BCUT2D eigenvalue weighted by Gasteiger charge is -2.15. The van der Waals surface area contributed by atoms with E-state index < -0.39 is 5.97 Å². The number of carboxylic acid groups (broad SMARTS) is 1. The molecule has 5 nitrogen and oxygen atoms in total. The first-order valence-corrected chi connectivity index (χ1v) is 5.16. The van der Waals surface area contributed by atoms with Crippen molar-refractivity contribution in [1.82, 2.24) is 4.90 Å². The molecule has 0 aliphatic carbocycles. The van der Waals surface area contributed by atoms with Gasteiger partial charge >= 0.3 is 5.97 Å². The maximum atomic E-state index is 10.9. The second-order valence-corrected chi connectivity index (χ2v) is 3.96. The van der Waals surface area contributed by atoms with E-state index in [0.717, 1.165) is 0 Å². The van der Waals surface area contributed by atoms with Gasteiger partial charge in [-0.15, -0.1) is 0 Å². The largest absolute Gasteiger partial charge is 0.478 e. The topological polar surface area (TPSA) is 62.1 Å². The summed E-state index contributed by atoms with van der Waals surface area (Å²) in [7, 11) is 4.98. The molecular formula is C11H13ClN2O3. The van der Waals surface area contributed by atoms with Gasteiger partial charge < -0.3 is 14.8 Å². The van der Waals surface area contributed by atoms with Gasteiger partial charge in [-0.25, -0.2) is 4.79 Å². The smallest absolute Gasteiger partial charge is 0.335 e. The number of carboxylic acids is 1. The van der Waals surface area contributed by atoms with E-state index in [1.807, 2.05) is 0 Å². The molecule has 0 bridgehead atoms. The zero-order valence-electron chi connectivity index (χ0n) is 9.77. The van der Waals surface area contributed by atoms with Gasteiger partial charge in [0, 0.05) is 24.7 Å². The normalized spacial score (nSPS) is 11.2. The Hall–Kier alpha value is -1.75. The molecule has 0 unspecified atom stereocenters. The summed E-state index contributed by atoms with van der Waals surface area (Å²) in [4.78, 5) is 17.3. The van der Waals surface area contributed by atoms with Crippen LogP contribution in [-0.2, 0) is 4.84 Å². The lowest BCUT2D eigenvalue weighted by molar-refractivity contribution is 0.0697. The van der Waals surface area contributed by atoms with Gasteiger partial charge in [-0.3, -0.25) is 0 Å². The Bertz CT molecular complexity index is 458. The standard InChI is InChI=1S/C11H13ClN2O3/c1-14(2)10(13-17-3)7-4-8(11(15)16)6-9(12)5-7/h4-6H,1-3H3,(H,15,16). The molecule has 1 rings (SSSR count). The highest BCUT2D eigenvalue weighted by Gasteiger charge is 2.12. The van der Waals surface area contributed by atoms with Crippen molar-refractivity contribution in [3.63, 3.8) is 0 Å². The monoisotopic (exact) mass is 256 g/mol. The van der Waals surface area contributed by atoms with Gasteiger partial charge in [0.2, 0.25) is 0 Å². The number of carbonyl (C=O) groups is 1. The predicted molar refractivity (Wildman–Crippen MR) is 65.6 cm³/mol. The Morgan fingerprint density at radius 2 is 1.94 bits per heavy atom. The van der Waals surface area contributed by atoms with Gasteiger partial charge in [-0.1, -0.05) is 16.8 Å². The maximum Gasteiger partial charge on any atom is 0.335 e. The molecule has 0 heterocycles. The minimum atomic E-state index is -1.04. The van der Waals surface area contributed by atoms with Crippen molar-refractivity contribution in [1.29, 1.82) is 0 Å². The van der Waals surface area contributed by atoms with E-state index in [1.165, 1.54) is 19.2 Å². The third-order valence-electron chi connectivity index (χ3n) is 2.00. The molecule has 1 aromatic carbocycles. The molecular weight excluding hydrogens is 244 g/mol. The van der Waals surface area contributed by atoms with Gasteiger partial charge in [0.15, 0.2) is 5.84 Å². The molecule has 0 saturated heterocycles. The van der Waals surface area contributed by atoms with Crippen molar-refractivity contribution in [2.24, 2.45) is 5.16 Å². The van der Waals surface area contributed by atoms with Crippen molar-refractivity contribution in [2.45, 2.75) is 0 Å². The number of amidine groups is 1. The van der Waals surface area contributed by atoms with Crippen LogP contribution in [0.5, 0.6) is 0 Å². The molecule has 1 N–H and O–H groups in total. The van der Waals surface area contributed by atoms with E-state index >= 15 is 0 Å². The van der Waals surface area contributed by atoms with Crippen LogP contribution < -0.4 is 0 Å². The van der Waals surface area contributed by atoms with Crippen molar-refractivity contribution in [3.05, 3.63) is 34.3 Å². The van der Waals surface area contributed by atoms with E-state index in [2.05, 4.69) is 5.16 Å². The van der Waals surface area contributed by atoms with Gasteiger partial charge in [-0.05, 0) is 18.2 Å². The Balaban J connectivity index is 3.29. The molecule has 0 fully saturated rings. The third-order valence-corrected chi connectivity index (χ3v) is 2.22. The first-order valence-electron chi connectivity index (χ1n) is 4.78. The Kier molecular flexibility index (Phi) is 4.34. The number of oxime groups is 1. The number of benzene rings is 1. The maximum absolute atomic E-state index is 10.9. The van der Waals surface area contributed by atoms with E-state index in [0.29, 0.717) is 16.4 Å². The summed E-state index contributed by atoms with van der Waals surface area (Å²) < 4.78 is 0. The molecule has 0 aliphatic heterocycles. The molecule has 0 radical (unpaired) electrons. The van der Waals surface area contributed by atoms with Gasteiger partial charge in [0.25, 0.3) is 0 Å². The van der Waals surface area contributed by atoms with E-state index in [-0.39, 0.29) is 5.56 Å². The number of hydrogen-bond donors (Lipinski definition) is 1. The highest BCUT2D eigenvalue weighted by Crippen LogP contribution is 2.17. The van der Waals surface area contributed by atoms with Crippen LogP contribution in [0.25, 0.3) is 0 Å². The van der Waals surface area contributed by atoms with Crippen LogP contribution in [0.4, 0.5) is 0 Å². The Labute approximate surface area is 104 Å². The van der Waals surface area contributed by atoms with Crippen molar-refractivity contribution in [2.75, 3.05) is 21.2 Å². The minimum absolute atomic E-state index is 0.109. The van der Waals surface area contributed by atoms with E-state index in [9.17, 15) is 4.79 Å². The first-order chi connectivity index (χ1) is 7.95. The van der Waals surface area contributed by atoms with Gasteiger partial charge in [0.1, 0.15) is 7.11 Å². The summed E-state index contributed by atoms with van der Waals surface area (Å²) >= 11 is 5.87. The minimum Gasteiger partial charge on any atom is -0.478 e. The van der Waals surface area contributed by atoms with Gasteiger partial charge in [-0.2, -0.15) is 0 Å². The molecule has 0 saturated carbocycles. The van der Waals surface area contributed by atoms with Crippen LogP contribution in [0.15, 0.2) is 23.4 Å². The third kappa shape index (κ3) is 3.35. The molecule has 17 heavy (non-hydrogen) atoms. The molecule has 0 atom stereocenters. The van der Waals surface area contributed by atoms with Crippen LogP contribution in [0, 0.1) is 0 Å². The SMILES string of the molecule is CON=C(c1cc(Cl)cc(C(=O)O)c1)N(C)C. The molecule has 6 heteroatoms. The summed E-state index contributed by atoms with van der Waals surface area (Å²) in [5.41, 5.74) is 0.694. The van der Waals surface area contributed by atoms with E-state index in [1.54, 1.807) is 25.1 Å². The number of hydrogen-bond acceptors (Lipinski definition) is 3. The lowest BCUT2D eigenvalue weighted by atomic mass is 10.1. The summed E-state index contributed by atoms with van der Waals surface area (Å²) in [6.07, 6.45) is 0. The van der Waals surface area contributed by atoms with E-state index in [4.69, 9.17) is 21.5 Å². The van der Waals surface area contributed by atoms with Crippen LogP contribution in [0.2, 0.25) is 5.02 Å². The summed E-state index contributed by atoms with van der Waals surface area (Å²) in [6, 6.07) is 4.51. The predicted octanol–water partition coefficient (Wildman–Crippen LogP) is 1.91. The van der Waals surface area contributed by atoms with Crippen LogP contribution >= 0.6 is 11.6 Å². The number of aromatic carboxylic acids is 1. The molecule has 0 spiro atoms. The summed E-state index contributed by atoms with van der Waals surface area (Å²) in [5.74, 6) is -0.540. The van der Waals surface area contributed by atoms with Crippen molar-refractivity contribution >= 4 is 23.4 Å². The lowest BCUT2D eigenvalue weighted by Crippen LogP contribution is -2.23.